The first kappa shape index (κ1) is 15.7. The molecule has 0 aliphatic heterocycles. The molecule has 0 amide bonds. The van der Waals surface area contributed by atoms with E-state index < -0.39 is 11.4 Å². The van der Waals surface area contributed by atoms with E-state index in [4.69, 9.17) is 0 Å². The molecule has 1 rings (SSSR count). The molecule has 18 heavy (non-hydrogen) atoms. The Morgan fingerprint density at radius 2 is 1.83 bits per heavy atom. The molecule has 100 valence electrons. The smallest absolute Gasteiger partial charge is 0.144 e. The van der Waals surface area contributed by atoms with E-state index in [-0.39, 0.29) is 4.75 Å². The first-order chi connectivity index (χ1) is 8.34. The maximum Gasteiger partial charge on any atom is 0.144 e. The van der Waals surface area contributed by atoms with Crippen LogP contribution < -0.4 is 0 Å². The van der Waals surface area contributed by atoms with Crippen LogP contribution in [0.2, 0.25) is 0 Å². The average Bonchev–Trinajstić information content (AvgIpc) is 2.28. The van der Waals surface area contributed by atoms with Crippen LogP contribution in [0.4, 0.5) is 0 Å². The quantitative estimate of drug-likeness (QED) is 0.591. The Kier molecular flexibility index (Phi) is 5.89. The molecule has 0 heterocycles. The minimum atomic E-state index is -1.20. The van der Waals surface area contributed by atoms with Crippen LogP contribution >= 0.6 is 15.9 Å². The van der Waals surface area contributed by atoms with Gasteiger partial charge in [0.2, 0.25) is 0 Å². The summed E-state index contributed by atoms with van der Waals surface area (Å²) >= 11 is 2.22. The van der Waals surface area contributed by atoms with Crippen molar-refractivity contribution in [3.8, 4) is 0 Å². The molecule has 0 fully saturated rings. The van der Waals surface area contributed by atoms with Gasteiger partial charge in [-0.05, 0) is 39.3 Å². The van der Waals surface area contributed by atoms with E-state index in [0.29, 0.717) is 0 Å². The van der Waals surface area contributed by atoms with Crippen molar-refractivity contribution in [2.24, 2.45) is 4.40 Å². The monoisotopic (exact) mass is 329 g/mol. The molecule has 0 radical (unpaired) electrons. The van der Waals surface area contributed by atoms with Gasteiger partial charge in [-0.1, -0.05) is 45.8 Å². The molecule has 1 atom stereocenters. The van der Waals surface area contributed by atoms with Crippen molar-refractivity contribution < 1.29 is 4.55 Å². The first-order valence-corrected chi connectivity index (χ1v) is 8.00. The fourth-order valence-corrected chi connectivity index (χ4v) is 2.29. The number of hydrogen-bond acceptors (Lipinski definition) is 2. The molecule has 0 spiro atoms. The van der Waals surface area contributed by atoms with E-state index in [0.717, 1.165) is 28.6 Å². The van der Waals surface area contributed by atoms with Crippen molar-refractivity contribution in [3.05, 3.63) is 34.3 Å². The molecular weight excluding hydrogens is 310 g/mol. The second kappa shape index (κ2) is 6.73. The molecule has 0 aliphatic rings. The van der Waals surface area contributed by atoms with Gasteiger partial charge in [0, 0.05) is 10.0 Å². The molecule has 0 N–H and O–H groups in total. The molecule has 0 aliphatic carbocycles. The van der Waals surface area contributed by atoms with Gasteiger partial charge in [-0.15, -0.1) is 0 Å². The predicted molar refractivity (Wildman–Crippen MR) is 83.5 cm³/mol. The van der Waals surface area contributed by atoms with Crippen LogP contribution in [0.5, 0.6) is 0 Å². The second-order valence-corrected chi connectivity index (χ2v) is 7.98. The summed E-state index contributed by atoms with van der Waals surface area (Å²) in [7, 11) is 0. The highest BCUT2D eigenvalue weighted by Crippen LogP contribution is 2.20. The van der Waals surface area contributed by atoms with E-state index >= 15 is 0 Å². The molecule has 0 bridgehead atoms. The number of rotatable bonds is 4. The Bertz CT molecular complexity index is 409. The fourth-order valence-electron chi connectivity index (χ4n) is 1.36. The lowest BCUT2D eigenvalue weighted by molar-refractivity contribution is 0.561. The van der Waals surface area contributed by atoms with Gasteiger partial charge in [-0.3, -0.25) is 0 Å². The fraction of sp³-hybridized carbons (Fsp3) is 0.500. The molecule has 1 unspecified atom stereocenters. The summed E-state index contributed by atoms with van der Waals surface area (Å²) in [5.41, 5.74) is 1.98. The summed E-state index contributed by atoms with van der Waals surface area (Å²) in [4.78, 5) is 0. The third kappa shape index (κ3) is 4.75. The molecule has 0 saturated carbocycles. The van der Waals surface area contributed by atoms with E-state index in [1.54, 1.807) is 0 Å². The van der Waals surface area contributed by atoms with Crippen molar-refractivity contribution in [2.45, 2.75) is 45.3 Å². The second-order valence-electron chi connectivity index (χ2n) is 5.16. The van der Waals surface area contributed by atoms with Gasteiger partial charge in [0.1, 0.15) is 16.1 Å². The zero-order valence-electron chi connectivity index (χ0n) is 11.4. The van der Waals surface area contributed by atoms with Gasteiger partial charge < -0.3 is 4.55 Å². The molecule has 4 heteroatoms. The number of nitrogens with zero attached hydrogens (tertiary/aromatic N) is 1. The largest absolute Gasteiger partial charge is 0.591 e. The van der Waals surface area contributed by atoms with E-state index in [1.165, 1.54) is 0 Å². The SMILES string of the molecule is CCC/C(=N/[S+]([O-])C(C)(C)C)c1ccc(Br)cc1. The molecule has 1 aromatic rings. The summed E-state index contributed by atoms with van der Waals surface area (Å²) in [6.07, 6.45) is 1.85. The molecule has 0 saturated heterocycles. The zero-order valence-corrected chi connectivity index (χ0v) is 13.8. The summed E-state index contributed by atoms with van der Waals surface area (Å²) < 4.78 is 17.2. The molecule has 2 nitrogen and oxygen atoms in total. The minimum absolute atomic E-state index is 0.311. The zero-order chi connectivity index (χ0) is 13.8. The van der Waals surface area contributed by atoms with Crippen LogP contribution in [0.3, 0.4) is 0 Å². The average molecular weight is 330 g/mol. The van der Waals surface area contributed by atoms with Crippen LogP contribution in [0.15, 0.2) is 33.1 Å². The molecular formula is C14H20BrNOS. The summed E-state index contributed by atoms with van der Waals surface area (Å²) in [6.45, 7) is 7.93. The predicted octanol–water partition coefficient (Wildman–Crippen LogP) is 4.50. The lowest BCUT2D eigenvalue weighted by atomic mass is 10.1. The van der Waals surface area contributed by atoms with Crippen LogP contribution in [0.1, 0.15) is 46.1 Å². The van der Waals surface area contributed by atoms with Gasteiger partial charge in [0.05, 0.1) is 5.71 Å². The third-order valence-electron chi connectivity index (χ3n) is 2.38. The van der Waals surface area contributed by atoms with Crippen LogP contribution in [-0.4, -0.2) is 15.0 Å². The highest BCUT2D eigenvalue weighted by atomic mass is 79.9. The first-order valence-electron chi connectivity index (χ1n) is 6.10. The Morgan fingerprint density at radius 3 is 2.28 bits per heavy atom. The standard InChI is InChI=1S/C14H20BrNOS/c1-5-6-13(16-18(17)14(2,3)4)11-7-9-12(15)10-8-11/h7-10H,5-6H2,1-4H3/b16-13-. The maximum atomic E-state index is 12.1. The third-order valence-corrected chi connectivity index (χ3v) is 4.34. The number of halogens is 1. The maximum absolute atomic E-state index is 12.1. The van der Waals surface area contributed by atoms with Gasteiger partial charge in [0.15, 0.2) is 0 Å². The summed E-state index contributed by atoms with van der Waals surface area (Å²) in [5.74, 6) is 0. The highest BCUT2D eigenvalue weighted by Gasteiger charge is 2.27. The van der Waals surface area contributed by atoms with Crippen molar-refractivity contribution in [2.75, 3.05) is 0 Å². The highest BCUT2D eigenvalue weighted by molar-refractivity contribution is 9.10. The van der Waals surface area contributed by atoms with Crippen LogP contribution in [0.25, 0.3) is 0 Å². The van der Waals surface area contributed by atoms with Crippen molar-refractivity contribution in [3.63, 3.8) is 0 Å². The Hall–Kier alpha value is -0.320. The van der Waals surface area contributed by atoms with Gasteiger partial charge in [0.25, 0.3) is 0 Å². The Morgan fingerprint density at radius 1 is 1.28 bits per heavy atom. The van der Waals surface area contributed by atoms with E-state index in [9.17, 15) is 4.55 Å². The minimum Gasteiger partial charge on any atom is -0.591 e. The van der Waals surface area contributed by atoms with E-state index in [2.05, 4.69) is 27.3 Å². The normalized spacial score (nSPS) is 14.7. The van der Waals surface area contributed by atoms with Gasteiger partial charge in [-0.2, -0.15) is 0 Å². The lowest BCUT2D eigenvalue weighted by Gasteiger charge is -2.19. The van der Waals surface area contributed by atoms with Crippen molar-refractivity contribution >= 4 is 33.0 Å². The summed E-state index contributed by atoms with van der Waals surface area (Å²) in [5, 5.41) is 0. The molecule has 0 aromatic heterocycles. The number of hydrogen-bond donors (Lipinski definition) is 0. The lowest BCUT2D eigenvalue weighted by Crippen LogP contribution is -2.27. The van der Waals surface area contributed by atoms with E-state index in [1.807, 2.05) is 45.0 Å². The topological polar surface area (TPSA) is 35.4 Å². The van der Waals surface area contributed by atoms with Crippen LogP contribution in [0, 0.1) is 0 Å². The number of benzene rings is 1. The summed E-state index contributed by atoms with van der Waals surface area (Å²) in [6, 6.07) is 8.00. The molecule has 1 aromatic carbocycles. The Labute approximate surface area is 121 Å². The Balaban J connectivity index is 3.02. The van der Waals surface area contributed by atoms with Crippen LogP contribution in [-0.2, 0) is 11.4 Å². The van der Waals surface area contributed by atoms with Gasteiger partial charge in [-0.25, -0.2) is 0 Å². The van der Waals surface area contributed by atoms with Crippen molar-refractivity contribution in [1.82, 2.24) is 0 Å². The van der Waals surface area contributed by atoms with Gasteiger partial charge >= 0.3 is 0 Å². The van der Waals surface area contributed by atoms with Crippen molar-refractivity contribution in [1.29, 1.82) is 0 Å².